The van der Waals surface area contributed by atoms with Crippen molar-refractivity contribution < 1.29 is 14.3 Å². The van der Waals surface area contributed by atoms with Crippen molar-refractivity contribution >= 4 is 17.6 Å². The maximum Gasteiger partial charge on any atom is 0.338 e. The van der Waals surface area contributed by atoms with Gasteiger partial charge in [-0.25, -0.2) is 4.79 Å². The molecule has 1 aliphatic heterocycles. The number of amides is 1. The number of hydrogen-bond acceptors (Lipinski definition) is 4. The van der Waals surface area contributed by atoms with Crippen LogP contribution in [0.1, 0.15) is 23.7 Å². The van der Waals surface area contributed by atoms with Gasteiger partial charge in [-0.1, -0.05) is 6.07 Å². The number of rotatable bonds is 3. The van der Waals surface area contributed by atoms with Gasteiger partial charge >= 0.3 is 5.97 Å². The van der Waals surface area contributed by atoms with Crippen molar-refractivity contribution in [3.63, 3.8) is 0 Å². The van der Waals surface area contributed by atoms with Gasteiger partial charge in [0.05, 0.1) is 12.2 Å². The minimum absolute atomic E-state index is 0.0106. The van der Waals surface area contributed by atoms with E-state index in [1.165, 1.54) is 0 Å². The predicted octanol–water partition coefficient (Wildman–Crippen LogP) is 0.927. The fourth-order valence-corrected chi connectivity index (χ4v) is 2.00. The van der Waals surface area contributed by atoms with E-state index in [0.29, 0.717) is 30.8 Å². The van der Waals surface area contributed by atoms with Crippen molar-refractivity contribution in [2.45, 2.75) is 19.4 Å². The van der Waals surface area contributed by atoms with Crippen LogP contribution in [0.25, 0.3) is 0 Å². The number of benzene rings is 1. The summed E-state index contributed by atoms with van der Waals surface area (Å²) in [7, 11) is 0. The van der Waals surface area contributed by atoms with Gasteiger partial charge in [-0.2, -0.15) is 0 Å². The van der Waals surface area contributed by atoms with Crippen LogP contribution in [0.5, 0.6) is 0 Å². The van der Waals surface area contributed by atoms with Crippen molar-refractivity contribution in [3.05, 3.63) is 29.8 Å². The Kier molecular flexibility index (Phi) is 3.62. The fourth-order valence-electron chi connectivity index (χ4n) is 2.00. The van der Waals surface area contributed by atoms with Crippen LogP contribution in [-0.4, -0.2) is 31.1 Å². The monoisotopic (exact) mass is 248 g/mol. The van der Waals surface area contributed by atoms with Crippen molar-refractivity contribution in [3.8, 4) is 0 Å². The second-order valence-corrected chi connectivity index (χ2v) is 4.24. The lowest BCUT2D eigenvalue weighted by molar-refractivity contribution is -0.117. The highest BCUT2D eigenvalue weighted by molar-refractivity contribution is 5.98. The molecule has 1 heterocycles. The van der Waals surface area contributed by atoms with Crippen LogP contribution in [0, 0.1) is 0 Å². The average molecular weight is 248 g/mol. The second-order valence-electron chi connectivity index (χ2n) is 4.24. The van der Waals surface area contributed by atoms with E-state index in [4.69, 9.17) is 10.5 Å². The molecule has 2 rings (SSSR count). The molecule has 1 unspecified atom stereocenters. The van der Waals surface area contributed by atoms with Crippen LogP contribution < -0.4 is 10.6 Å². The number of esters is 1. The Morgan fingerprint density at radius 1 is 1.56 bits per heavy atom. The van der Waals surface area contributed by atoms with Crippen LogP contribution in [-0.2, 0) is 9.53 Å². The van der Waals surface area contributed by atoms with E-state index in [2.05, 4.69) is 0 Å². The predicted molar refractivity (Wildman–Crippen MR) is 67.3 cm³/mol. The first-order chi connectivity index (χ1) is 8.61. The molecule has 1 amide bonds. The lowest BCUT2D eigenvalue weighted by Gasteiger charge is -2.16. The molecular weight excluding hydrogens is 232 g/mol. The number of nitrogens with zero attached hydrogens (tertiary/aromatic N) is 1. The van der Waals surface area contributed by atoms with E-state index >= 15 is 0 Å². The smallest absolute Gasteiger partial charge is 0.338 e. The molecule has 0 aromatic heterocycles. The number of anilines is 1. The van der Waals surface area contributed by atoms with Gasteiger partial charge in [0.25, 0.3) is 0 Å². The summed E-state index contributed by atoms with van der Waals surface area (Å²) >= 11 is 0. The third-order valence-corrected chi connectivity index (χ3v) is 2.82. The Morgan fingerprint density at radius 3 is 2.94 bits per heavy atom. The van der Waals surface area contributed by atoms with E-state index in [-0.39, 0.29) is 17.9 Å². The summed E-state index contributed by atoms with van der Waals surface area (Å²) < 4.78 is 4.93. The first-order valence-corrected chi connectivity index (χ1v) is 5.95. The highest BCUT2D eigenvalue weighted by Crippen LogP contribution is 2.22. The standard InChI is InChI=1S/C13H16N2O3/c1-2-18-13(17)9-4-3-5-11(6-9)15-8-10(14)7-12(15)16/h3-6,10H,2,7-8,14H2,1H3. The lowest BCUT2D eigenvalue weighted by atomic mass is 10.2. The Hall–Kier alpha value is -1.88. The van der Waals surface area contributed by atoms with Gasteiger partial charge in [-0.3, -0.25) is 4.79 Å². The molecule has 1 aromatic rings. The Morgan fingerprint density at radius 2 is 2.33 bits per heavy atom. The normalized spacial score (nSPS) is 19.1. The molecule has 1 saturated heterocycles. The SMILES string of the molecule is CCOC(=O)c1cccc(N2CC(N)CC2=O)c1. The summed E-state index contributed by atoms with van der Waals surface area (Å²) in [4.78, 5) is 24.9. The van der Waals surface area contributed by atoms with E-state index in [9.17, 15) is 9.59 Å². The molecule has 0 bridgehead atoms. The van der Waals surface area contributed by atoms with E-state index in [1.807, 2.05) is 0 Å². The topological polar surface area (TPSA) is 72.6 Å². The van der Waals surface area contributed by atoms with Crippen LogP contribution in [0.15, 0.2) is 24.3 Å². The van der Waals surface area contributed by atoms with Gasteiger partial charge < -0.3 is 15.4 Å². The third kappa shape index (κ3) is 2.51. The molecular formula is C13H16N2O3. The Labute approximate surface area is 106 Å². The molecule has 1 aliphatic rings. The van der Waals surface area contributed by atoms with Crippen molar-refractivity contribution in [2.75, 3.05) is 18.1 Å². The number of carbonyl (C=O) groups is 2. The molecule has 5 heteroatoms. The number of hydrogen-bond donors (Lipinski definition) is 1. The molecule has 0 saturated carbocycles. The first kappa shape index (κ1) is 12.6. The van der Waals surface area contributed by atoms with Crippen LogP contribution in [0.2, 0.25) is 0 Å². The highest BCUT2D eigenvalue weighted by atomic mass is 16.5. The van der Waals surface area contributed by atoms with Gasteiger partial charge in [0, 0.05) is 24.7 Å². The Balaban J connectivity index is 2.22. The van der Waals surface area contributed by atoms with Crippen molar-refractivity contribution in [2.24, 2.45) is 5.73 Å². The number of nitrogens with two attached hydrogens (primary N) is 1. The van der Waals surface area contributed by atoms with Crippen molar-refractivity contribution in [1.82, 2.24) is 0 Å². The first-order valence-electron chi connectivity index (χ1n) is 5.95. The molecule has 1 fully saturated rings. The molecule has 18 heavy (non-hydrogen) atoms. The highest BCUT2D eigenvalue weighted by Gasteiger charge is 2.28. The van der Waals surface area contributed by atoms with Gasteiger partial charge in [-0.05, 0) is 25.1 Å². The molecule has 0 radical (unpaired) electrons. The van der Waals surface area contributed by atoms with Gasteiger partial charge in [-0.15, -0.1) is 0 Å². The quantitative estimate of drug-likeness (QED) is 0.807. The van der Waals surface area contributed by atoms with E-state index in [0.717, 1.165) is 0 Å². The minimum atomic E-state index is -0.379. The molecule has 1 aromatic carbocycles. The average Bonchev–Trinajstić information content (AvgIpc) is 2.69. The summed E-state index contributed by atoms with van der Waals surface area (Å²) in [5.41, 5.74) is 6.88. The van der Waals surface area contributed by atoms with Crippen LogP contribution >= 0.6 is 0 Å². The molecule has 96 valence electrons. The maximum atomic E-state index is 11.7. The van der Waals surface area contributed by atoms with E-state index in [1.54, 1.807) is 36.1 Å². The molecule has 0 aliphatic carbocycles. The summed E-state index contributed by atoms with van der Waals surface area (Å²) in [6.07, 6.45) is 0.351. The number of ether oxygens (including phenoxy) is 1. The zero-order valence-corrected chi connectivity index (χ0v) is 10.3. The summed E-state index contributed by atoms with van der Waals surface area (Å²) in [5.74, 6) is -0.390. The number of carbonyl (C=O) groups excluding carboxylic acids is 2. The van der Waals surface area contributed by atoms with Gasteiger partial charge in [0.1, 0.15) is 0 Å². The van der Waals surface area contributed by atoms with Gasteiger partial charge in [0.2, 0.25) is 5.91 Å². The molecule has 5 nitrogen and oxygen atoms in total. The maximum absolute atomic E-state index is 11.7. The lowest BCUT2D eigenvalue weighted by Crippen LogP contribution is -2.28. The summed E-state index contributed by atoms with van der Waals surface area (Å²) in [6, 6.07) is 6.72. The largest absolute Gasteiger partial charge is 0.462 e. The minimum Gasteiger partial charge on any atom is -0.462 e. The second kappa shape index (κ2) is 5.18. The Bertz CT molecular complexity index is 473. The fraction of sp³-hybridized carbons (Fsp3) is 0.385. The molecule has 1 atom stereocenters. The van der Waals surface area contributed by atoms with E-state index < -0.39 is 0 Å². The van der Waals surface area contributed by atoms with Crippen LogP contribution in [0.4, 0.5) is 5.69 Å². The summed E-state index contributed by atoms with van der Waals surface area (Å²) in [5, 5.41) is 0. The third-order valence-electron chi connectivity index (χ3n) is 2.82. The van der Waals surface area contributed by atoms with Crippen molar-refractivity contribution in [1.29, 1.82) is 0 Å². The summed E-state index contributed by atoms with van der Waals surface area (Å²) in [6.45, 7) is 2.58. The molecule has 0 spiro atoms. The zero-order valence-electron chi connectivity index (χ0n) is 10.3. The zero-order chi connectivity index (χ0) is 13.1. The molecule has 2 N–H and O–H groups in total. The van der Waals surface area contributed by atoms with Gasteiger partial charge in [0.15, 0.2) is 0 Å². The van der Waals surface area contributed by atoms with Crippen LogP contribution in [0.3, 0.4) is 0 Å².